The quantitative estimate of drug-likeness (QED) is 0.691. The molecule has 0 aliphatic heterocycles. The minimum Gasteiger partial charge on any atom is -0.484 e. The van der Waals surface area contributed by atoms with E-state index in [-0.39, 0.29) is 24.2 Å². The van der Waals surface area contributed by atoms with Crippen LogP contribution >= 0.6 is 11.3 Å². The van der Waals surface area contributed by atoms with Gasteiger partial charge in [-0.1, -0.05) is 6.07 Å². The van der Waals surface area contributed by atoms with Gasteiger partial charge in [0.25, 0.3) is 11.8 Å². The number of carbonyl (C=O) groups is 2. The lowest BCUT2D eigenvalue weighted by atomic mass is 10.2. The number of ether oxygens (including phenoxy) is 1. The zero-order valence-electron chi connectivity index (χ0n) is 14.0. The molecule has 5 nitrogen and oxygen atoms in total. The number of fused-ring (bicyclic) bond motifs is 1. The highest BCUT2D eigenvalue weighted by Gasteiger charge is 2.12. The standard InChI is InChI=1S/C19H17FN2O3S/c1-2-21-18(23)11-25-13-8-6-12(7-9-13)22-19(24)17-10-14-15(20)4-3-5-16(14)26-17/h3-10H,2,11H2,1H3,(H,21,23)(H,22,24). The predicted molar refractivity (Wildman–Crippen MR) is 100 cm³/mol. The van der Waals surface area contributed by atoms with Crippen LogP contribution in [0.3, 0.4) is 0 Å². The summed E-state index contributed by atoms with van der Waals surface area (Å²) in [5, 5.41) is 5.85. The summed E-state index contributed by atoms with van der Waals surface area (Å²) in [6, 6.07) is 13.0. The van der Waals surface area contributed by atoms with Crippen LogP contribution in [0.25, 0.3) is 10.1 Å². The molecule has 2 aromatic carbocycles. The summed E-state index contributed by atoms with van der Waals surface area (Å²) >= 11 is 1.24. The number of halogens is 1. The first-order valence-electron chi connectivity index (χ1n) is 8.06. The molecule has 2 N–H and O–H groups in total. The van der Waals surface area contributed by atoms with Gasteiger partial charge in [0, 0.05) is 22.3 Å². The lowest BCUT2D eigenvalue weighted by Crippen LogP contribution is -2.28. The van der Waals surface area contributed by atoms with E-state index in [2.05, 4.69) is 10.6 Å². The molecule has 1 aromatic heterocycles. The Labute approximate surface area is 153 Å². The van der Waals surface area contributed by atoms with Crippen LogP contribution in [0, 0.1) is 5.82 Å². The van der Waals surface area contributed by atoms with Gasteiger partial charge >= 0.3 is 0 Å². The van der Waals surface area contributed by atoms with Crippen molar-refractivity contribution >= 4 is 38.9 Å². The van der Waals surface area contributed by atoms with Crippen LogP contribution in [-0.4, -0.2) is 25.0 Å². The number of amides is 2. The molecule has 2 amide bonds. The SMILES string of the molecule is CCNC(=O)COc1ccc(NC(=O)c2cc3c(F)cccc3s2)cc1. The number of anilines is 1. The van der Waals surface area contributed by atoms with Crippen molar-refractivity contribution in [2.24, 2.45) is 0 Å². The molecule has 1 heterocycles. The smallest absolute Gasteiger partial charge is 0.265 e. The summed E-state index contributed by atoms with van der Waals surface area (Å²) in [6.45, 7) is 2.32. The van der Waals surface area contributed by atoms with Gasteiger partial charge in [-0.3, -0.25) is 9.59 Å². The third kappa shape index (κ3) is 4.18. The molecule has 0 radical (unpaired) electrons. The normalized spacial score (nSPS) is 10.5. The second-order valence-corrected chi connectivity index (χ2v) is 6.57. The van der Waals surface area contributed by atoms with E-state index in [1.165, 1.54) is 17.4 Å². The molecule has 134 valence electrons. The first-order chi connectivity index (χ1) is 12.6. The number of likely N-dealkylation sites (N-methyl/N-ethyl adjacent to an activating group) is 1. The summed E-state index contributed by atoms with van der Waals surface area (Å²) in [5.74, 6) is -0.312. The lowest BCUT2D eigenvalue weighted by Gasteiger charge is -2.08. The van der Waals surface area contributed by atoms with Gasteiger partial charge in [0.05, 0.1) is 4.88 Å². The number of thiophene rings is 1. The zero-order chi connectivity index (χ0) is 18.5. The second-order valence-electron chi connectivity index (χ2n) is 5.48. The van der Waals surface area contributed by atoms with Gasteiger partial charge < -0.3 is 15.4 Å². The van der Waals surface area contributed by atoms with Gasteiger partial charge in [-0.15, -0.1) is 11.3 Å². The average molecular weight is 372 g/mol. The molecule has 0 atom stereocenters. The van der Waals surface area contributed by atoms with E-state index in [0.29, 0.717) is 28.2 Å². The topological polar surface area (TPSA) is 67.4 Å². The molecule has 0 saturated carbocycles. The van der Waals surface area contributed by atoms with Crippen molar-refractivity contribution < 1.29 is 18.7 Å². The minimum absolute atomic E-state index is 0.0626. The largest absolute Gasteiger partial charge is 0.484 e. The molecule has 3 aromatic rings. The molecule has 0 bridgehead atoms. The highest BCUT2D eigenvalue weighted by Crippen LogP contribution is 2.28. The van der Waals surface area contributed by atoms with E-state index < -0.39 is 0 Å². The molecule has 7 heteroatoms. The molecular weight excluding hydrogens is 355 g/mol. The monoisotopic (exact) mass is 372 g/mol. The Morgan fingerprint density at radius 2 is 1.92 bits per heavy atom. The van der Waals surface area contributed by atoms with Crippen LogP contribution in [-0.2, 0) is 4.79 Å². The lowest BCUT2D eigenvalue weighted by molar-refractivity contribution is -0.122. The Morgan fingerprint density at radius 3 is 2.62 bits per heavy atom. The molecular formula is C19H17FN2O3S. The van der Waals surface area contributed by atoms with Crippen LogP contribution < -0.4 is 15.4 Å². The third-order valence-corrected chi connectivity index (χ3v) is 4.69. The molecule has 0 unspecified atom stereocenters. The van der Waals surface area contributed by atoms with E-state index in [4.69, 9.17) is 4.74 Å². The highest BCUT2D eigenvalue weighted by molar-refractivity contribution is 7.20. The number of hydrogen-bond acceptors (Lipinski definition) is 4. The van der Waals surface area contributed by atoms with Crippen LogP contribution in [0.5, 0.6) is 5.75 Å². The molecule has 0 fully saturated rings. The first-order valence-corrected chi connectivity index (χ1v) is 8.87. The van der Waals surface area contributed by atoms with Crippen molar-refractivity contribution in [3.63, 3.8) is 0 Å². The van der Waals surface area contributed by atoms with E-state index in [9.17, 15) is 14.0 Å². The van der Waals surface area contributed by atoms with Crippen molar-refractivity contribution in [1.82, 2.24) is 5.32 Å². The number of benzene rings is 2. The number of carbonyl (C=O) groups excluding carboxylic acids is 2. The fourth-order valence-corrected chi connectivity index (χ4v) is 3.33. The number of nitrogens with one attached hydrogen (secondary N) is 2. The fraction of sp³-hybridized carbons (Fsp3) is 0.158. The zero-order valence-corrected chi connectivity index (χ0v) is 14.9. The van der Waals surface area contributed by atoms with Gasteiger partial charge in [0.2, 0.25) is 0 Å². The molecule has 3 rings (SSSR count). The molecule has 0 aliphatic rings. The Hall–Kier alpha value is -2.93. The maximum Gasteiger partial charge on any atom is 0.265 e. The van der Waals surface area contributed by atoms with Gasteiger partial charge in [-0.2, -0.15) is 0 Å². The average Bonchev–Trinajstić information content (AvgIpc) is 3.07. The van der Waals surface area contributed by atoms with E-state index in [0.717, 1.165) is 4.70 Å². The van der Waals surface area contributed by atoms with E-state index >= 15 is 0 Å². The van der Waals surface area contributed by atoms with Crippen LogP contribution in [0.15, 0.2) is 48.5 Å². The van der Waals surface area contributed by atoms with Crippen molar-refractivity contribution in [1.29, 1.82) is 0 Å². The molecule has 0 saturated heterocycles. The highest BCUT2D eigenvalue weighted by atomic mass is 32.1. The van der Waals surface area contributed by atoms with Crippen LogP contribution in [0.4, 0.5) is 10.1 Å². The first kappa shape index (κ1) is 17.9. The van der Waals surface area contributed by atoms with Crippen molar-refractivity contribution in [3.05, 3.63) is 59.2 Å². The second kappa shape index (κ2) is 7.97. The van der Waals surface area contributed by atoms with Gasteiger partial charge in [-0.25, -0.2) is 4.39 Å². The summed E-state index contributed by atoms with van der Waals surface area (Å²) in [4.78, 5) is 24.2. The minimum atomic E-state index is -0.341. The van der Waals surface area contributed by atoms with Crippen molar-refractivity contribution in [3.8, 4) is 5.75 Å². The summed E-state index contributed by atoms with van der Waals surface area (Å²) < 4.78 is 19.8. The maximum absolute atomic E-state index is 13.7. The Kier molecular flexibility index (Phi) is 5.48. The van der Waals surface area contributed by atoms with E-state index in [1.54, 1.807) is 42.5 Å². The summed E-state index contributed by atoms with van der Waals surface area (Å²) in [7, 11) is 0. The van der Waals surface area contributed by atoms with Crippen molar-refractivity contribution in [2.45, 2.75) is 6.92 Å². The summed E-state index contributed by atoms with van der Waals surface area (Å²) in [5.41, 5.74) is 0.582. The molecule has 0 aliphatic carbocycles. The molecule has 0 spiro atoms. The third-order valence-electron chi connectivity index (χ3n) is 3.59. The van der Waals surface area contributed by atoms with E-state index in [1.807, 2.05) is 6.92 Å². The Morgan fingerprint density at radius 1 is 1.15 bits per heavy atom. The van der Waals surface area contributed by atoms with Crippen LogP contribution in [0.1, 0.15) is 16.6 Å². The van der Waals surface area contributed by atoms with Gasteiger partial charge in [0.1, 0.15) is 11.6 Å². The van der Waals surface area contributed by atoms with Gasteiger partial charge in [-0.05, 0) is 49.4 Å². The Bertz CT molecular complexity index is 938. The van der Waals surface area contributed by atoms with Gasteiger partial charge in [0.15, 0.2) is 6.61 Å². The predicted octanol–water partition coefficient (Wildman–Crippen LogP) is 3.81. The summed E-state index contributed by atoms with van der Waals surface area (Å²) in [6.07, 6.45) is 0. The van der Waals surface area contributed by atoms with Crippen LogP contribution in [0.2, 0.25) is 0 Å². The number of hydrogen-bond donors (Lipinski definition) is 2. The number of rotatable bonds is 6. The molecule has 26 heavy (non-hydrogen) atoms. The Balaban J connectivity index is 1.63. The van der Waals surface area contributed by atoms with Crippen molar-refractivity contribution in [2.75, 3.05) is 18.5 Å². The fourth-order valence-electron chi connectivity index (χ4n) is 2.36. The maximum atomic E-state index is 13.7.